The number of rotatable bonds is 6. The van der Waals surface area contributed by atoms with Crippen LogP contribution in [0.15, 0.2) is 107 Å². The molecule has 0 aliphatic carbocycles. The van der Waals surface area contributed by atoms with Gasteiger partial charge in [0.1, 0.15) is 32.8 Å². The monoisotopic (exact) mass is 430 g/mol. The maximum Gasteiger partial charge on any atom is 0.213 e. The molecule has 156 valence electrons. The van der Waals surface area contributed by atoms with Crippen LogP contribution < -0.4 is 9.47 Å². The lowest BCUT2D eigenvalue weighted by molar-refractivity contribution is 0.461. The molecule has 0 atom stereocenters. The highest BCUT2D eigenvalue weighted by atomic mass is 32.2. The Balaban J connectivity index is 1.73. The third-order valence-corrected chi connectivity index (χ3v) is 6.61. The molecule has 0 amide bonds. The number of hydrogen-bond donors (Lipinski definition) is 0. The molecule has 0 spiro atoms. The van der Waals surface area contributed by atoms with Crippen LogP contribution in [0.25, 0.3) is 0 Å². The second-order valence-electron chi connectivity index (χ2n) is 7.23. The second-order valence-corrected chi connectivity index (χ2v) is 9.11. The van der Waals surface area contributed by atoms with E-state index in [0.717, 1.165) is 11.1 Å². The minimum atomic E-state index is -3.91. The van der Waals surface area contributed by atoms with Crippen molar-refractivity contribution >= 4 is 9.84 Å². The predicted molar refractivity (Wildman–Crippen MR) is 121 cm³/mol. The lowest BCUT2D eigenvalue weighted by Crippen LogP contribution is -2.06. The number of sulfone groups is 1. The van der Waals surface area contributed by atoms with Crippen molar-refractivity contribution in [3.05, 3.63) is 108 Å². The van der Waals surface area contributed by atoms with Crippen molar-refractivity contribution in [3.63, 3.8) is 0 Å². The molecule has 0 fully saturated rings. The van der Waals surface area contributed by atoms with Gasteiger partial charge >= 0.3 is 0 Å². The third kappa shape index (κ3) is 4.62. The topological polar surface area (TPSA) is 52.6 Å². The molecule has 0 saturated heterocycles. The molecule has 0 aliphatic heterocycles. The lowest BCUT2D eigenvalue weighted by atomic mass is 10.2. The predicted octanol–water partition coefficient (Wildman–Crippen LogP) is 6.72. The number of aryl methyl sites for hydroxylation is 2. The molecule has 4 rings (SSSR count). The summed E-state index contributed by atoms with van der Waals surface area (Å²) in [6.45, 7) is 3.96. The molecular formula is C26H22O4S. The average molecular weight is 431 g/mol. The van der Waals surface area contributed by atoms with Crippen LogP contribution in [0.5, 0.6) is 23.0 Å². The summed E-state index contributed by atoms with van der Waals surface area (Å²) in [6.07, 6.45) is 0. The van der Waals surface area contributed by atoms with Gasteiger partial charge in [0.15, 0.2) is 0 Å². The molecule has 0 unspecified atom stereocenters. The van der Waals surface area contributed by atoms with Crippen LogP contribution in [0.3, 0.4) is 0 Å². The highest BCUT2D eigenvalue weighted by Crippen LogP contribution is 2.37. The molecule has 0 saturated carbocycles. The van der Waals surface area contributed by atoms with Crippen molar-refractivity contribution in [1.29, 1.82) is 0 Å². The lowest BCUT2D eigenvalue weighted by Gasteiger charge is -2.15. The van der Waals surface area contributed by atoms with Crippen LogP contribution >= 0.6 is 0 Å². The van der Waals surface area contributed by atoms with Crippen LogP contribution in [0.1, 0.15) is 11.1 Å². The largest absolute Gasteiger partial charge is 0.456 e. The molecule has 31 heavy (non-hydrogen) atoms. The number of hydrogen-bond acceptors (Lipinski definition) is 4. The van der Waals surface area contributed by atoms with E-state index in [0.29, 0.717) is 11.5 Å². The second kappa shape index (κ2) is 8.66. The summed E-state index contributed by atoms with van der Waals surface area (Å²) < 4.78 is 39.1. The summed E-state index contributed by atoms with van der Waals surface area (Å²) in [7, 11) is -3.91. The van der Waals surface area contributed by atoms with Gasteiger partial charge < -0.3 is 9.47 Å². The average Bonchev–Trinajstić information content (AvgIpc) is 2.77. The maximum atomic E-state index is 13.6. The number of para-hydroxylation sites is 2. The molecule has 4 nitrogen and oxygen atoms in total. The van der Waals surface area contributed by atoms with E-state index >= 15 is 0 Å². The highest BCUT2D eigenvalue weighted by molar-refractivity contribution is 7.91. The standard InChI is InChI=1S/C26H22O4S/c1-19-11-15-21(16-12-19)29-23-7-3-5-9-25(23)31(27,28)26-10-6-4-8-24(26)30-22-17-13-20(2)14-18-22/h3-18H,1-2H3. The molecule has 0 radical (unpaired) electrons. The molecule has 0 heterocycles. The molecule has 0 aliphatic rings. The first kappa shape index (κ1) is 20.7. The van der Waals surface area contributed by atoms with Crippen molar-refractivity contribution in [2.45, 2.75) is 23.6 Å². The van der Waals surface area contributed by atoms with Crippen molar-refractivity contribution in [2.24, 2.45) is 0 Å². The van der Waals surface area contributed by atoms with Gasteiger partial charge in [-0.2, -0.15) is 0 Å². The van der Waals surface area contributed by atoms with E-state index in [4.69, 9.17) is 9.47 Å². The smallest absolute Gasteiger partial charge is 0.213 e. The summed E-state index contributed by atoms with van der Waals surface area (Å²) in [6, 6.07) is 28.1. The van der Waals surface area contributed by atoms with Crippen molar-refractivity contribution < 1.29 is 17.9 Å². The fraction of sp³-hybridized carbons (Fsp3) is 0.0769. The normalized spacial score (nSPS) is 11.2. The molecule has 4 aromatic rings. The van der Waals surface area contributed by atoms with Crippen LogP contribution in [0.2, 0.25) is 0 Å². The zero-order chi connectivity index (χ0) is 21.8. The van der Waals surface area contributed by atoms with E-state index in [1.807, 2.05) is 62.4 Å². The summed E-state index contributed by atoms with van der Waals surface area (Å²) >= 11 is 0. The Morgan fingerprint density at radius 2 is 0.871 bits per heavy atom. The first-order valence-electron chi connectivity index (χ1n) is 9.86. The van der Waals surface area contributed by atoms with Crippen molar-refractivity contribution in [1.82, 2.24) is 0 Å². The summed E-state index contributed by atoms with van der Waals surface area (Å²) in [5.74, 6) is 1.66. The first-order valence-corrected chi connectivity index (χ1v) is 11.3. The Hall–Kier alpha value is -3.57. The zero-order valence-electron chi connectivity index (χ0n) is 17.3. The minimum Gasteiger partial charge on any atom is -0.456 e. The quantitative estimate of drug-likeness (QED) is 0.341. The van der Waals surface area contributed by atoms with Crippen molar-refractivity contribution in [3.8, 4) is 23.0 Å². The molecule has 5 heteroatoms. The van der Waals surface area contributed by atoms with Gasteiger partial charge in [0.2, 0.25) is 9.84 Å². The maximum absolute atomic E-state index is 13.6. The Bertz CT molecular complexity index is 1200. The van der Waals surface area contributed by atoms with E-state index in [2.05, 4.69) is 0 Å². The van der Waals surface area contributed by atoms with E-state index in [9.17, 15) is 8.42 Å². The molecule has 0 bridgehead atoms. The first-order chi connectivity index (χ1) is 14.9. The number of benzene rings is 4. The highest BCUT2D eigenvalue weighted by Gasteiger charge is 2.26. The Morgan fingerprint density at radius 1 is 0.516 bits per heavy atom. The van der Waals surface area contributed by atoms with E-state index in [1.165, 1.54) is 0 Å². The van der Waals surface area contributed by atoms with Crippen LogP contribution in [0, 0.1) is 13.8 Å². The van der Waals surface area contributed by atoms with Gasteiger partial charge in [0, 0.05) is 0 Å². The number of ether oxygens (including phenoxy) is 2. The van der Waals surface area contributed by atoms with Gasteiger partial charge in [-0.05, 0) is 62.4 Å². The SMILES string of the molecule is Cc1ccc(Oc2ccccc2S(=O)(=O)c2ccccc2Oc2ccc(C)cc2)cc1. The summed E-state index contributed by atoms with van der Waals surface area (Å²) in [5, 5.41) is 0. The minimum absolute atomic E-state index is 0.0792. The fourth-order valence-electron chi connectivity index (χ4n) is 3.10. The van der Waals surface area contributed by atoms with Crippen LogP contribution in [0.4, 0.5) is 0 Å². The van der Waals surface area contributed by atoms with E-state index in [-0.39, 0.29) is 21.3 Å². The fourth-order valence-corrected chi connectivity index (χ4v) is 4.60. The summed E-state index contributed by atoms with van der Waals surface area (Å²) in [5.41, 5.74) is 2.19. The Morgan fingerprint density at radius 3 is 1.26 bits per heavy atom. The zero-order valence-corrected chi connectivity index (χ0v) is 18.1. The Labute approximate surface area is 182 Å². The summed E-state index contributed by atoms with van der Waals surface area (Å²) in [4.78, 5) is 0.158. The molecule has 4 aromatic carbocycles. The van der Waals surface area contributed by atoms with Gasteiger partial charge in [-0.1, -0.05) is 59.7 Å². The van der Waals surface area contributed by atoms with Gasteiger partial charge in [-0.3, -0.25) is 0 Å². The molecule has 0 aromatic heterocycles. The van der Waals surface area contributed by atoms with Crippen LogP contribution in [-0.2, 0) is 9.84 Å². The molecule has 0 N–H and O–H groups in total. The van der Waals surface area contributed by atoms with E-state index in [1.54, 1.807) is 48.5 Å². The van der Waals surface area contributed by atoms with Gasteiger partial charge in [0.25, 0.3) is 0 Å². The Kier molecular flexibility index (Phi) is 5.78. The van der Waals surface area contributed by atoms with E-state index < -0.39 is 9.84 Å². The van der Waals surface area contributed by atoms with Crippen molar-refractivity contribution in [2.75, 3.05) is 0 Å². The van der Waals surface area contributed by atoms with Gasteiger partial charge in [-0.15, -0.1) is 0 Å². The van der Waals surface area contributed by atoms with Crippen LogP contribution in [-0.4, -0.2) is 8.42 Å². The van der Waals surface area contributed by atoms with Gasteiger partial charge in [0.05, 0.1) is 0 Å². The van der Waals surface area contributed by atoms with Gasteiger partial charge in [-0.25, -0.2) is 8.42 Å². The molecular weight excluding hydrogens is 408 g/mol. The third-order valence-electron chi connectivity index (χ3n) is 4.77.